The zero-order valence-corrected chi connectivity index (χ0v) is 18.6. The molecule has 0 amide bonds. The number of halogens is 1. The first-order chi connectivity index (χ1) is 10.8. The molecule has 1 aromatic rings. The van der Waals surface area contributed by atoms with E-state index in [4.69, 9.17) is 0 Å². The number of unbranched alkanes of at least 4 members (excludes halogenated alkanes) is 1. The van der Waals surface area contributed by atoms with E-state index in [1.54, 1.807) is 0 Å². The molecule has 0 aliphatic carbocycles. The van der Waals surface area contributed by atoms with Crippen LogP contribution in [0.25, 0.3) is 0 Å². The molecule has 0 saturated carbocycles. The Morgan fingerprint density at radius 3 is 2.58 bits per heavy atom. The van der Waals surface area contributed by atoms with E-state index in [1.807, 2.05) is 26.4 Å². The van der Waals surface area contributed by atoms with Crippen molar-refractivity contribution in [2.75, 3.05) is 13.6 Å². The summed E-state index contributed by atoms with van der Waals surface area (Å²) in [5, 5.41) is 6.88. The molecule has 0 radical (unpaired) electrons. The van der Waals surface area contributed by atoms with Crippen LogP contribution in [-0.4, -0.2) is 35.1 Å². The third kappa shape index (κ3) is 10.2. The maximum atomic E-state index is 4.31. The highest BCUT2D eigenvalue weighted by molar-refractivity contribution is 14.0. The Hall–Kier alpha value is -0.790. The molecule has 0 aliphatic heterocycles. The number of aromatic nitrogens is 2. The smallest absolute Gasteiger partial charge is 0.191 e. The van der Waals surface area contributed by atoms with Crippen molar-refractivity contribution in [1.82, 2.24) is 20.2 Å². The van der Waals surface area contributed by atoms with Crippen molar-refractivity contribution in [1.29, 1.82) is 0 Å². The molecule has 1 unspecified atom stereocenters. The summed E-state index contributed by atoms with van der Waals surface area (Å²) in [6.07, 6.45) is 8.53. The Morgan fingerprint density at radius 2 is 2.04 bits per heavy atom. The average Bonchev–Trinajstić information content (AvgIpc) is 2.88. The molecule has 0 saturated heterocycles. The number of hydrogen-bond acceptors (Lipinski definition) is 2. The van der Waals surface area contributed by atoms with E-state index in [0.29, 0.717) is 11.5 Å². The van der Waals surface area contributed by atoms with Crippen LogP contribution in [0, 0.1) is 12.3 Å². The molecule has 24 heavy (non-hydrogen) atoms. The third-order valence-corrected chi connectivity index (χ3v) is 3.98. The van der Waals surface area contributed by atoms with Gasteiger partial charge in [-0.2, -0.15) is 0 Å². The Morgan fingerprint density at radius 1 is 1.33 bits per heavy atom. The number of guanidine groups is 1. The van der Waals surface area contributed by atoms with Crippen LogP contribution in [0.2, 0.25) is 0 Å². The maximum absolute atomic E-state index is 4.31. The van der Waals surface area contributed by atoms with Gasteiger partial charge >= 0.3 is 0 Å². The number of imidazole rings is 1. The van der Waals surface area contributed by atoms with Crippen LogP contribution < -0.4 is 10.6 Å². The minimum atomic E-state index is 0. The van der Waals surface area contributed by atoms with E-state index in [1.165, 1.54) is 6.42 Å². The van der Waals surface area contributed by atoms with Gasteiger partial charge in [-0.05, 0) is 44.9 Å². The van der Waals surface area contributed by atoms with Crippen LogP contribution in [0.3, 0.4) is 0 Å². The largest absolute Gasteiger partial charge is 0.356 e. The van der Waals surface area contributed by atoms with Crippen LogP contribution in [0.15, 0.2) is 17.4 Å². The van der Waals surface area contributed by atoms with E-state index in [2.05, 4.69) is 52.9 Å². The normalized spacial score (nSPS) is 13.3. The number of hydrogen-bond donors (Lipinski definition) is 2. The molecule has 2 N–H and O–H groups in total. The van der Waals surface area contributed by atoms with Crippen molar-refractivity contribution in [2.45, 2.75) is 72.9 Å². The quantitative estimate of drug-likeness (QED) is 0.273. The van der Waals surface area contributed by atoms with Crippen molar-refractivity contribution in [2.24, 2.45) is 10.4 Å². The van der Waals surface area contributed by atoms with Gasteiger partial charge in [0.2, 0.25) is 0 Å². The second-order valence-corrected chi connectivity index (χ2v) is 7.52. The van der Waals surface area contributed by atoms with Gasteiger partial charge in [0.15, 0.2) is 5.96 Å². The molecule has 0 aromatic carbocycles. The standard InChI is InChI=1S/C18H35N5.HI/c1-15(9-10-18(3,4)5)22-17(19-6)21-11-7-8-13-23-14-12-20-16(23)2;/h12,14-15H,7-11,13H2,1-6H3,(H2,19,21,22);1H. The van der Waals surface area contributed by atoms with Gasteiger partial charge < -0.3 is 15.2 Å². The van der Waals surface area contributed by atoms with Crippen molar-refractivity contribution < 1.29 is 0 Å². The van der Waals surface area contributed by atoms with Gasteiger partial charge in [0.05, 0.1) is 0 Å². The van der Waals surface area contributed by atoms with E-state index in [0.717, 1.165) is 44.1 Å². The van der Waals surface area contributed by atoms with Crippen molar-refractivity contribution in [3.63, 3.8) is 0 Å². The fourth-order valence-electron chi connectivity index (χ4n) is 2.40. The minimum Gasteiger partial charge on any atom is -0.356 e. The number of aryl methyl sites for hydroxylation is 2. The first-order valence-electron chi connectivity index (χ1n) is 8.77. The lowest BCUT2D eigenvalue weighted by molar-refractivity contribution is 0.346. The monoisotopic (exact) mass is 449 g/mol. The molecule has 0 aliphatic rings. The molecule has 5 nitrogen and oxygen atoms in total. The predicted molar refractivity (Wildman–Crippen MR) is 114 cm³/mol. The van der Waals surface area contributed by atoms with Gasteiger partial charge in [-0.25, -0.2) is 4.98 Å². The highest BCUT2D eigenvalue weighted by Crippen LogP contribution is 2.21. The summed E-state index contributed by atoms with van der Waals surface area (Å²) in [5.41, 5.74) is 0.387. The summed E-state index contributed by atoms with van der Waals surface area (Å²) in [5.74, 6) is 1.99. The van der Waals surface area contributed by atoms with Crippen molar-refractivity contribution >= 4 is 29.9 Å². The maximum Gasteiger partial charge on any atom is 0.191 e. The van der Waals surface area contributed by atoms with Gasteiger partial charge in [0.25, 0.3) is 0 Å². The highest BCUT2D eigenvalue weighted by atomic mass is 127. The topological polar surface area (TPSA) is 54.2 Å². The van der Waals surface area contributed by atoms with Gasteiger partial charge in [0, 0.05) is 38.6 Å². The lowest BCUT2D eigenvalue weighted by Gasteiger charge is -2.23. The summed E-state index contributed by atoms with van der Waals surface area (Å²) in [6.45, 7) is 13.1. The summed E-state index contributed by atoms with van der Waals surface area (Å²) in [7, 11) is 1.83. The molecular weight excluding hydrogens is 413 g/mol. The average molecular weight is 449 g/mol. The van der Waals surface area contributed by atoms with Gasteiger partial charge in [0.1, 0.15) is 5.82 Å². The first kappa shape index (κ1) is 23.2. The zero-order chi connectivity index (χ0) is 17.3. The molecule has 6 heteroatoms. The van der Waals surface area contributed by atoms with Crippen LogP contribution in [0.4, 0.5) is 0 Å². The molecule has 0 bridgehead atoms. The molecule has 1 rings (SSSR count). The molecule has 0 spiro atoms. The van der Waals surface area contributed by atoms with Crippen molar-refractivity contribution in [3.8, 4) is 0 Å². The van der Waals surface area contributed by atoms with E-state index < -0.39 is 0 Å². The van der Waals surface area contributed by atoms with Crippen LogP contribution in [0.1, 0.15) is 59.2 Å². The molecule has 1 aromatic heterocycles. The van der Waals surface area contributed by atoms with Crippen LogP contribution >= 0.6 is 24.0 Å². The summed E-state index contributed by atoms with van der Waals surface area (Å²) < 4.78 is 2.20. The minimum absolute atomic E-state index is 0. The van der Waals surface area contributed by atoms with Gasteiger partial charge in [-0.3, -0.25) is 4.99 Å². The van der Waals surface area contributed by atoms with E-state index >= 15 is 0 Å². The van der Waals surface area contributed by atoms with Crippen molar-refractivity contribution in [3.05, 3.63) is 18.2 Å². The van der Waals surface area contributed by atoms with E-state index in [9.17, 15) is 0 Å². The lowest BCUT2D eigenvalue weighted by Crippen LogP contribution is -2.42. The fourth-order valence-corrected chi connectivity index (χ4v) is 2.40. The molecule has 1 atom stereocenters. The first-order valence-corrected chi connectivity index (χ1v) is 8.77. The summed E-state index contributed by atoms with van der Waals surface area (Å²) >= 11 is 0. The Labute approximate surface area is 165 Å². The molecule has 0 fully saturated rings. The second kappa shape index (κ2) is 11.7. The predicted octanol–water partition coefficient (Wildman–Crippen LogP) is 3.97. The SMILES string of the molecule is CN=C(NCCCCn1ccnc1C)NC(C)CCC(C)(C)C.I. The summed E-state index contributed by atoms with van der Waals surface area (Å²) in [6, 6.07) is 0.439. The fraction of sp³-hybridized carbons (Fsp3) is 0.778. The Kier molecular flexibility index (Phi) is 11.3. The van der Waals surface area contributed by atoms with Gasteiger partial charge in [-0.15, -0.1) is 24.0 Å². The van der Waals surface area contributed by atoms with Gasteiger partial charge in [-0.1, -0.05) is 20.8 Å². The number of aliphatic imine (C=N–C) groups is 1. The molecular formula is C18H36IN5. The highest BCUT2D eigenvalue weighted by Gasteiger charge is 2.13. The number of rotatable bonds is 8. The second-order valence-electron chi connectivity index (χ2n) is 7.52. The summed E-state index contributed by atoms with van der Waals surface area (Å²) in [4.78, 5) is 8.56. The van der Waals surface area contributed by atoms with E-state index in [-0.39, 0.29) is 24.0 Å². The van der Waals surface area contributed by atoms with Crippen LogP contribution in [0.5, 0.6) is 0 Å². The molecule has 1 heterocycles. The number of nitrogens with zero attached hydrogens (tertiary/aromatic N) is 3. The third-order valence-electron chi connectivity index (χ3n) is 3.98. The van der Waals surface area contributed by atoms with Crippen LogP contribution in [-0.2, 0) is 6.54 Å². The lowest BCUT2D eigenvalue weighted by atomic mass is 9.89. The zero-order valence-electron chi connectivity index (χ0n) is 16.2. The Balaban J connectivity index is 0.00000529. The number of nitrogens with one attached hydrogen (secondary N) is 2. The molecule has 140 valence electrons. The Bertz CT molecular complexity index is 476.